The Morgan fingerprint density at radius 3 is 2.29 bits per heavy atom. The van der Waals surface area contributed by atoms with Crippen LogP contribution in [0.4, 0.5) is 0 Å². The van der Waals surface area contributed by atoms with Crippen molar-refractivity contribution in [3.05, 3.63) is 29.8 Å². The van der Waals surface area contributed by atoms with Crippen LogP contribution in [-0.4, -0.2) is 19.2 Å². The maximum atomic E-state index is 5.23. The van der Waals surface area contributed by atoms with Crippen LogP contribution in [0.1, 0.15) is 39.2 Å². The third-order valence-electron chi connectivity index (χ3n) is 4.56. The molecule has 1 heterocycles. The number of methoxy groups -OCH3 is 1. The van der Waals surface area contributed by atoms with Crippen molar-refractivity contribution in [2.75, 3.05) is 13.7 Å². The van der Waals surface area contributed by atoms with Gasteiger partial charge < -0.3 is 10.1 Å². The molecule has 1 aromatic rings. The van der Waals surface area contributed by atoms with Crippen LogP contribution in [0.3, 0.4) is 0 Å². The topological polar surface area (TPSA) is 21.3 Å². The Morgan fingerprint density at radius 2 is 1.88 bits per heavy atom. The summed E-state index contributed by atoms with van der Waals surface area (Å²) in [5, 5.41) is 3.63. The Balaban J connectivity index is 2.41. The van der Waals surface area contributed by atoms with Gasteiger partial charge in [-0.3, -0.25) is 0 Å². The number of hydrogen-bond donors (Lipinski definition) is 1. The fourth-order valence-electron chi connectivity index (χ4n) is 3.31. The van der Waals surface area contributed by atoms with E-state index < -0.39 is 0 Å². The molecule has 2 heteroatoms. The van der Waals surface area contributed by atoms with Crippen molar-refractivity contribution < 1.29 is 4.74 Å². The summed E-state index contributed by atoms with van der Waals surface area (Å²) in [4.78, 5) is 0. The highest BCUT2D eigenvalue weighted by atomic mass is 16.5. The van der Waals surface area contributed by atoms with Crippen LogP contribution >= 0.6 is 0 Å². The summed E-state index contributed by atoms with van der Waals surface area (Å²) in [5.74, 6) is 0.934. The summed E-state index contributed by atoms with van der Waals surface area (Å²) in [6, 6.07) is 8.58. The fraction of sp³-hybridized carbons (Fsp3) is 0.600. The molecule has 1 aromatic carbocycles. The van der Waals surface area contributed by atoms with Gasteiger partial charge in [-0.05, 0) is 50.9 Å². The van der Waals surface area contributed by atoms with Gasteiger partial charge >= 0.3 is 0 Å². The molecule has 0 aromatic heterocycles. The Labute approximate surface area is 104 Å². The SMILES string of the molecule is CCC1(c2ccc(OC)cc2)CCNC1(C)C. The van der Waals surface area contributed by atoms with Gasteiger partial charge in [0, 0.05) is 11.0 Å². The van der Waals surface area contributed by atoms with Gasteiger partial charge in [-0.2, -0.15) is 0 Å². The number of rotatable bonds is 3. The lowest BCUT2D eigenvalue weighted by Gasteiger charge is -2.41. The van der Waals surface area contributed by atoms with Crippen molar-refractivity contribution in [1.29, 1.82) is 0 Å². The van der Waals surface area contributed by atoms with Gasteiger partial charge in [-0.25, -0.2) is 0 Å². The van der Waals surface area contributed by atoms with E-state index in [1.54, 1.807) is 7.11 Å². The second kappa shape index (κ2) is 4.34. The Bertz CT molecular complexity index is 382. The lowest BCUT2D eigenvalue weighted by Crippen LogP contribution is -2.49. The van der Waals surface area contributed by atoms with E-state index in [4.69, 9.17) is 4.74 Å². The van der Waals surface area contributed by atoms with E-state index in [-0.39, 0.29) is 11.0 Å². The molecule has 0 radical (unpaired) electrons. The minimum Gasteiger partial charge on any atom is -0.497 e. The quantitative estimate of drug-likeness (QED) is 0.866. The molecule has 1 aliphatic rings. The largest absolute Gasteiger partial charge is 0.497 e. The highest BCUT2D eigenvalue weighted by Gasteiger charge is 2.48. The molecule has 1 aliphatic heterocycles. The molecular formula is C15H23NO. The molecule has 0 bridgehead atoms. The van der Waals surface area contributed by atoms with Crippen LogP contribution in [0, 0.1) is 0 Å². The molecule has 0 aliphatic carbocycles. The highest BCUT2D eigenvalue weighted by molar-refractivity contribution is 5.36. The number of benzene rings is 1. The Morgan fingerprint density at radius 1 is 1.24 bits per heavy atom. The highest BCUT2D eigenvalue weighted by Crippen LogP contribution is 2.45. The van der Waals surface area contributed by atoms with Gasteiger partial charge in [0.15, 0.2) is 0 Å². The van der Waals surface area contributed by atoms with Gasteiger partial charge in [0.2, 0.25) is 0 Å². The Hall–Kier alpha value is -1.02. The van der Waals surface area contributed by atoms with E-state index in [1.165, 1.54) is 18.4 Å². The van der Waals surface area contributed by atoms with Gasteiger partial charge in [0.1, 0.15) is 5.75 Å². The summed E-state index contributed by atoms with van der Waals surface area (Å²) in [6.45, 7) is 8.02. The zero-order valence-corrected chi connectivity index (χ0v) is 11.3. The molecule has 1 fully saturated rings. The molecule has 2 nitrogen and oxygen atoms in total. The van der Waals surface area contributed by atoms with Gasteiger partial charge in [-0.1, -0.05) is 19.1 Å². The predicted molar refractivity (Wildman–Crippen MR) is 71.7 cm³/mol. The standard InChI is InChI=1S/C15H23NO/c1-5-15(10-11-16-14(15,2)3)12-6-8-13(17-4)9-7-12/h6-9,16H,5,10-11H2,1-4H3. The summed E-state index contributed by atoms with van der Waals surface area (Å²) in [6.07, 6.45) is 2.38. The van der Waals surface area contributed by atoms with Crippen LogP contribution in [0.15, 0.2) is 24.3 Å². The molecule has 1 saturated heterocycles. The molecular weight excluding hydrogens is 210 g/mol. The normalized spacial score (nSPS) is 27.1. The molecule has 0 amide bonds. The second-order valence-electron chi connectivity index (χ2n) is 5.47. The Kier molecular flexibility index (Phi) is 3.17. The van der Waals surface area contributed by atoms with Gasteiger partial charge in [0.05, 0.1) is 7.11 Å². The fourth-order valence-corrected chi connectivity index (χ4v) is 3.31. The van der Waals surface area contributed by atoms with Crippen molar-refractivity contribution in [1.82, 2.24) is 5.32 Å². The van der Waals surface area contributed by atoms with Crippen LogP contribution < -0.4 is 10.1 Å². The smallest absolute Gasteiger partial charge is 0.118 e. The van der Waals surface area contributed by atoms with Crippen LogP contribution in [0.2, 0.25) is 0 Å². The first kappa shape index (κ1) is 12.4. The van der Waals surface area contributed by atoms with E-state index in [0.29, 0.717) is 0 Å². The number of ether oxygens (including phenoxy) is 1. The predicted octanol–water partition coefficient (Wildman–Crippen LogP) is 3.11. The third-order valence-corrected chi connectivity index (χ3v) is 4.56. The van der Waals surface area contributed by atoms with Crippen molar-refractivity contribution in [3.63, 3.8) is 0 Å². The lowest BCUT2D eigenvalue weighted by molar-refractivity contribution is 0.263. The monoisotopic (exact) mass is 233 g/mol. The zero-order chi connectivity index (χ0) is 12.5. The summed E-state index contributed by atoms with van der Waals surface area (Å²) in [7, 11) is 1.71. The zero-order valence-electron chi connectivity index (χ0n) is 11.3. The van der Waals surface area contributed by atoms with Crippen LogP contribution in [-0.2, 0) is 5.41 Å². The number of nitrogens with one attached hydrogen (secondary N) is 1. The average Bonchev–Trinajstić information content (AvgIpc) is 2.65. The first-order valence-electron chi connectivity index (χ1n) is 6.45. The van der Waals surface area contributed by atoms with Crippen LogP contribution in [0.5, 0.6) is 5.75 Å². The molecule has 94 valence electrons. The minimum atomic E-state index is 0.163. The minimum absolute atomic E-state index is 0.163. The molecule has 0 saturated carbocycles. The lowest BCUT2D eigenvalue weighted by atomic mass is 9.66. The van der Waals surface area contributed by atoms with Gasteiger partial charge in [-0.15, -0.1) is 0 Å². The molecule has 1 atom stereocenters. The van der Waals surface area contributed by atoms with E-state index in [9.17, 15) is 0 Å². The molecule has 2 rings (SSSR count). The van der Waals surface area contributed by atoms with E-state index in [0.717, 1.165) is 12.3 Å². The first-order chi connectivity index (χ1) is 8.05. The van der Waals surface area contributed by atoms with Crippen molar-refractivity contribution in [2.24, 2.45) is 0 Å². The number of hydrogen-bond acceptors (Lipinski definition) is 2. The van der Waals surface area contributed by atoms with E-state index >= 15 is 0 Å². The maximum Gasteiger partial charge on any atom is 0.118 e. The van der Waals surface area contributed by atoms with Crippen molar-refractivity contribution >= 4 is 0 Å². The summed E-state index contributed by atoms with van der Waals surface area (Å²) in [5.41, 5.74) is 1.84. The molecule has 17 heavy (non-hydrogen) atoms. The molecule has 1 unspecified atom stereocenters. The average molecular weight is 233 g/mol. The van der Waals surface area contributed by atoms with Crippen molar-refractivity contribution in [2.45, 2.75) is 44.6 Å². The van der Waals surface area contributed by atoms with Gasteiger partial charge in [0.25, 0.3) is 0 Å². The maximum absolute atomic E-state index is 5.23. The van der Waals surface area contributed by atoms with E-state index in [2.05, 4.69) is 50.4 Å². The third kappa shape index (κ3) is 1.85. The summed E-state index contributed by atoms with van der Waals surface area (Å²) >= 11 is 0. The second-order valence-corrected chi connectivity index (χ2v) is 5.47. The molecule has 0 spiro atoms. The van der Waals surface area contributed by atoms with Crippen LogP contribution in [0.25, 0.3) is 0 Å². The molecule has 1 N–H and O–H groups in total. The van der Waals surface area contributed by atoms with Crippen molar-refractivity contribution in [3.8, 4) is 5.75 Å². The van der Waals surface area contributed by atoms with E-state index in [1.807, 2.05) is 0 Å². The first-order valence-corrected chi connectivity index (χ1v) is 6.45. The summed E-state index contributed by atoms with van der Waals surface area (Å²) < 4.78 is 5.23.